The molecule has 0 spiro atoms. The molecule has 184 valence electrons. The molecule has 0 aromatic heterocycles. The van der Waals surface area contributed by atoms with Crippen LogP contribution in [0.3, 0.4) is 0 Å². The van der Waals surface area contributed by atoms with Gasteiger partial charge in [0.1, 0.15) is 5.41 Å². The van der Waals surface area contributed by atoms with Crippen molar-refractivity contribution in [3.05, 3.63) is 139 Å². The van der Waals surface area contributed by atoms with Crippen LogP contribution < -0.4 is 0 Å². The third-order valence-corrected chi connectivity index (χ3v) is 8.13. The van der Waals surface area contributed by atoms with Crippen molar-refractivity contribution in [2.75, 3.05) is 0 Å². The molecular weight excluding hydrogens is 534 g/mol. The van der Waals surface area contributed by atoms with E-state index < -0.39 is 16.8 Å². The molecule has 2 nitrogen and oxygen atoms in total. The summed E-state index contributed by atoms with van der Waals surface area (Å²) >= 11 is 27.5. The SMILES string of the molecule is CCCC(c1ccccc1Cl)(c1ccccc1Cl)C(C(=O)O)(c1ccccc1Cl)c1ccccc1Cl. The van der Waals surface area contributed by atoms with Crippen LogP contribution in [0, 0.1) is 0 Å². The summed E-state index contributed by atoms with van der Waals surface area (Å²) in [6.07, 6.45) is 1.02. The lowest BCUT2D eigenvalue weighted by atomic mass is 9.50. The summed E-state index contributed by atoms with van der Waals surface area (Å²) < 4.78 is 0. The highest BCUT2D eigenvalue weighted by Crippen LogP contribution is 2.60. The molecule has 6 heteroatoms. The molecule has 0 radical (unpaired) electrons. The third-order valence-electron chi connectivity index (χ3n) is 6.81. The normalized spacial score (nSPS) is 11.9. The Labute approximate surface area is 231 Å². The van der Waals surface area contributed by atoms with Crippen molar-refractivity contribution in [2.45, 2.75) is 30.6 Å². The van der Waals surface area contributed by atoms with Crippen molar-refractivity contribution in [1.29, 1.82) is 0 Å². The first-order valence-corrected chi connectivity index (χ1v) is 13.1. The van der Waals surface area contributed by atoms with Crippen LogP contribution in [0.1, 0.15) is 42.0 Å². The second-order valence-electron chi connectivity index (χ2n) is 8.63. The molecule has 0 saturated heterocycles. The number of rotatable bonds is 8. The Hall–Kier alpha value is -2.49. The molecule has 4 rings (SSSR count). The molecule has 0 aliphatic rings. The van der Waals surface area contributed by atoms with E-state index >= 15 is 0 Å². The molecule has 4 aromatic rings. The summed E-state index contributed by atoms with van der Waals surface area (Å²) in [5.74, 6) is -1.11. The minimum atomic E-state index is -1.80. The molecule has 1 N–H and O–H groups in total. The Kier molecular flexibility index (Phi) is 8.02. The number of carboxylic acid groups (broad SMARTS) is 1. The fraction of sp³-hybridized carbons (Fsp3) is 0.167. The molecular formula is C30H24Cl4O2. The van der Waals surface area contributed by atoms with Gasteiger partial charge in [-0.3, -0.25) is 4.79 Å². The average Bonchev–Trinajstić information content (AvgIpc) is 2.86. The molecule has 0 aliphatic heterocycles. The molecule has 0 bridgehead atoms. The zero-order valence-corrected chi connectivity index (χ0v) is 22.5. The Balaban J connectivity index is 2.38. The van der Waals surface area contributed by atoms with Gasteiger partial charge in [0, 0.05) is 25.5 Å². The summed E-state index contributed by atoms with van der Waals surface area (Å²) in [6.45, 7) is 2.01. The second kappa shape index (κ2) is 10.9. The van der Waals surface area contributed by atoms with Crippen molar-refractivity contribution in [3.8, 4) is 0 Å². The highest BCUT2D eigenvalue weighted by atomic mass is 35.5. The maximum Gasteiger partial charge on any atom is 0.320 e. The minimum Gasteiger partial charge on any atom is -0.480 e. The number of halogens is 4. The van der Waals surface area contributed by atoms with E-state index in [0.29, 0.717) is 55.2 Å². The predicted molar refractivity (Wildman–Crippen MR) is 150 cm³/mol. The van der Waals surface area contributed by atoms with Gasteiger partial charge in [0.15, 0.2) is 0 Å². The van der Waals surface area contributed by atoms with Gasteiger partial charge in [-0.25, -0.2) is 0 Å². The standard InChI is InChI=1S/C30H24Cl4O2/c1-2-19-29(20-11-3-7-15-24(20)31,21-12-4-8-16-25(21)32)30(28(35)36,22-13-5-9-17-26(22)33)23-14-6-10-18-27(23)34/h3-18H,2,19H2,1H3,(H,35,36). The Morgan fingerprint density at radius 2 is 0.917 bits per heavy atom. The van der Waals surface area contributed by atoms with Crippen molar-refractivity contribution < 1.29 is 9.90 Å². The first-order valence-electron chi connectivity index (χ1n) is 11.6. The lowest BCUT2D eigenvalue weighted by molar-refractivity contribution is -0.144. The fourth-order valence-electron chi connectivity index (χ4n) is 5.54. The largest absolute Gasteiger partial charge is 0.480 e. The highest BCUT2D eigenvalue weighted by Gasteiger charge is 2.62. The van der Waals surface area contributed by atoms with Crippen LogP contribution >= 0.6 is 46.4 Å². The van der Waals surface area contributed by atoms with E-state index in [1.54, 1.807) is 60.7 Å². The van der Waals surface area contributed by atoms with Gasteiger partial charge in [-0.2, -0.15) is 0 Å². The van der Waals surface area contributed by atoms with Gasteiger partial charge in [0.05, 0.1) is 0 Å². The number of carbonyl (C=O) groups is 1. The van der Waals surface area contributed by atoms with Gasteiger partial charge in [-0.05, 0) is 52.9 Å². The Morgan fingerprint density at radius 3 is 1.19 bits per heavy atom. The molecule has 0 unspecified atom stereocenters. The van der Waals surface area contributed by atoms with Gasteiger partial charge in [0.25, 0.3) is 0 Å². The van der Waals surface area contributed by atoms with Crippen LogP contribution in [0.5, 0.6) is 0 Å². The number of hydrogen-bond donors (Lipinski definition) is 1. The van der Waals surface area contributed by atoms with Crippen LogP contribution in [-0.4, -0.2) is 11.1 Å². The zero-order chi connectivity index (χ0) is 25.9. The van der Waals surface area contributed by atoms with Gasteiger partial charge in [-0.1, -0.05) is 133 Å². The molecule has 0 atom stereocenters. The van der Waals surface area contributed by atoms with E-state index in [1.165, 1.54) is 0 Å². The van der Waals surface area contributed by atoms with E-state index in [0.717, 1.165) is 0 Å². The van der Waals surface area contributed by atoms with Gasteiger partial charge < -0.3 is 5.11 Å². The maximum atomic E-state index is 14.0. The van der Waals surface area contributed by atoms with Crippen molar-refractivity contribution in [1.82, 2.24) is 0 Å². The lowest BCUT2D eigenvalue weighted by Crippen LogP contribution is -2.56. The third kappa shape index (κ3) is 4.11. The minimum absolute atomic E-state index is 0.305. The zero-order valence-electron chi connectivity index (χ0n) is 19.5. The van der Waals surface area contributed by atoms with Crippen LogP contribution in [0.25, 0.3) is 0 Å². The first kappa shape index (κ1) is 26.6. The van der Waals surface area contributed by atoms with E-state index in [-0.39, 0.29) is 0 Å². The average molecular weight is 558 g/mol. The summed E-state index contributed by atoms with van der Waals surface area (Å²) in [5.41, 5.74) is -1.02. The van der Waals surface area contributed by atoms with Crippen LogP contribution in [0.15, 0.2) is 97.1 Å². The van der Waals surface area contributed by atoms with E-state index in [2.05, 4.69) is 0 Å². The maximum absolute atomic E-state index is 14.0. The molecule has 36 heavy (non-hydrogen) atoms. The van der Waals surface area contributed by atoms with E-state index in [1.807, 2.05) is 43.3 Å². The van der Waals surface area contributed by atoms with Gasteiger partial charge >= 0.3 is 5.97 Å². The quantitative estimate of drug-likeness (QED) is 0.234. The highest BCUT2D eigenvalue weighted by molar-refractivity contribution is 6.34. The van der Waals surface area contributed by atoms with Crippen LogP contribution in [0.2, 0.25) is 20.1 Å². The van der Waals surface area contributed by atoms with Crippen LogP contribution in [-0.2, 0) is 15.6 Å². The first-order chi connectivity index (χ1) is 17.3. The van der Waals surface area contributed by atoms with Crippen molar-refractivity contribution in [2.24, 2.45) is 0 Å². The molecule has 4 aromatic carbocycles. The number of aliphatic carboxylic acids is 1. The monoisotopic (exact) mass is 556 g/mol. The molecule has 0 heterocycles. The van der Waals surface area contributed by atoms with Crippen molar-refractivity contribution in [3.63, 3.8) is 0 Å². The van der Waals surface area contributed by atoms with E-state index in [4.69, 9.17) is 46.4 Å². The number of benzene rings is 4. The van der Waals surface area contributed by atoms with Gasteiger partial charge in [-0.15, -0.1) is 0 Å². The van der Waals surface area contributed by atoms with Crippen LogP contribution in [0.4, 0.5) is 0 Å². The fourth-order valence-corrected chi connectivity index (χ4v) is 6.69. The molecule has 0 aliphatic carbocycles. The summed E-state index contributed by atoms with van der Waals surface area (Å²) in [4.78, 5) is 14.0. The summed E-state index contributed by atoms with van der Waals surface area (Å²) in [7, 11) is 0. The van der Waals surface area contributed by atoms with E-state index in [9.17, 15) is 9.90 Å². The lowest BCUT2D eigenvalue weighted by Gasteiger charge is -2.51. The molecule has 0 amide bonds. The number of carboxylic acids is 1. The Morgan fingerprint density at radius 1 is 0.611 bits per heavy atom. The molecule has 0 fully saturated rings. The number of hydrogen-bond acceptors (Lipinski definition) is 1. The smallest absolute Gasteiger partial charge is 0.320 e. The molecule has 0 saturated carbocycles. The Bertz CT molecular complexity index is 1310. The van der Waals surface area contributed by atoms with Gasteiger partial charge in [0.2, 0.25) is 0 Å². The topological polar surface area (TPSA) is 37.3 Å². The second-order valence-corrected chi connectivity index (χ2v) is 10.3. The summed E-state index contributed by atoms with van der Waals surface area (Å²) in [5, 5.41) is 12.9. The van der Waals surface area contributed by atoms with Crippen molar-refractivity contribution >= 4 is 52.4 Å². The summed E-state index contributed by atoms with van der Waals surface area (Å²) in [6, 6.07) is 28.6. The predicted octanol–water partition coefficient (Wildman–Crippen LogP) is 9.46.